The smallest absolute Gasteiger partial charge is 0.107 e. The lowest BCUT2D eigenvalue weighted by molar-refractivity contribution is 0.585. The summed E-state index contributed by atoms with van der Waals surface area (Å²) in [6, 6.07) is 8.61. The van der Waals surface area contributed by atoms with Crippen LogP contribution in [-0.4, -0.2) is 16.5 Å². The van der Waals surface area contributed by atoms with Crippen LogP contribution in [0.4, 0.5) is 0 Å². The molecule has 0 aliphatic heterocycles. The molecule has 0 aromatic carbocycles. The van der Waals surface area contributed by atoms with Crippen molar-refractivity contribution in [3.05, 3.63) is 47.3 Å². The van der Waals surface area contributed by atoms with Gasteiger partial charge in [-0.1, -0.05) is 13.0 Å². The Morgan fingerprint density at radius 2 is 2.10 bits per heavy atom. The Hall–Kier alpha value is -1.39. The average molecular weight is 287 g/mol. The second-order valence-electron chi connectivity index (χ2n) is 4.90. The standard InChI is InChI=1S/C16H21N3S/c1-5-17-13(4)14-7-6-8-18-16(14)20-15-10-11(2)9-12(3)19-15/h6-10,13,17H,5H2,1-4H3. The maximum atomic E-state index is 4.58. The fourth-order valence-electron chi connectivity index (χ4n) is 2.19. The van der Waals surface area contributed by atoms with Crippen LogP contribution in [0.25, 0.3) is 0 Å². The first-order valence-corrected chi connectivity index (χ1v) is 7.73. The van der Waals surface area contributed by atoms with Crippen molar-refractivity contribution in [1.82, 2.24) is 15.3 Å². The van der Waals surface area contributed by atoms with Crippen molar-refractivity contribution < 1.29 is 0 Å². The van der Waals surface area contributed by atoms with Crippen LogP contribution in [0, 0.1) is 13.8 Å². The summed E-state index contributed by atoms with van der Waals surface area (Å²) in [6.45, 7) is 9.35. The van der Waals surface area contributed by atoms with E-state index in [1.165, 1.54) is 11.1 Å². The summed E-state index contributed by atoms with van der Waals surface area (Å²) in [4.78, 5) is 9.10. The molecule has 0 bridgehead atoms. The Morgan fingerprint density at radius 1 is 1.30 bits per heavy atom. The van der Waals surface area contributed by atoms with Gasteiger partial charge in [0.15, 0.2) is 0 Å². The highest BCUT2D eigenvalue weighted by molar-refractivity contribution is 7.99. The zero-order valence-electron chi connectivity index (χ0n) is 12.5. The first kappa shape index (κ1) is 15.0. The van der Waals surface area contributed by atoms with E-state index in [1.54, 1.807) is 11.8 Å². The van der Waals surface area contributed by atoms with Gasteiger partial charge in [0, 0.05) is 23.5 Å². The van der Waals surface area contributed by atoms with E-state index in [4.69, 9.17) is 0 Å². The van der Waals surface area contributed by atoms with Crippen molar-refractivity contribution in [1.29, 1.82) is 0 Å². The minimum Gasteiger partial charge on any atom is -0.310 e. The van der Waals surface area contributed by atoms with Crippen molar-refractivity contribution in [3.8, 4) is 0 Å². The van der Waals surface area contributed by atoms with Crippen LogP contribution in [0.3, 0.4) is 0 Å². The molecule has 0 radical (unpaired) electrons. The zero-order chi connectivity index (χ0) is 14.5. The van der Waals surface area contributed by atoms with Crippen molar-refractivity contribution in [3.63, 3.8) is 0 Å². The number of nitrogens with one attached hydrogen (secondary N) is 1. The number of nitrogens with zero attached hydrogens (tertiary/aromatic N) is 2. The summed E-state index contributed by atoms with van der Waals surface area (Å²) in [5, 5.41) is 5.47. The minimum atomic E-state index is 0.294. The third-order valence-corrected chi connectivity index (χ3v) is 4.01. The maximum absolute atomic E-state index is 4.58. The molecule has 2 aromatic heterocycles. The van der Waals surface area contributed by atoms with Crippen molar-refractivity contribution in [2.45, 2.75) is 43.8 Å². The van der Waals surface area contributed by atoms with Crippen LogP contribution in [0.15, 0.2) is 40.5 Å². The highest BCUT2D eigenvalue weighted by atomic mass is 32.2. The molecule has 1 N–H and O–H groups in total. The van der Waals surface area contributed by atoms with Crippen molar-refractivity contribution >= 4 is 11.8 Å². The number of rotatable bonds is 5. The molecule has 0 saturated carbocycles. The summed E-state index contributed by atoms with van der Waals surface area (Å²) < 4.78 is 0. The molecule has 1 unspecified atom stereocenters. The molecule has 2 heterocycles. The van der Waals surface area contributed by atoms with Gasteiger partial charge in [0.25, 0.3) is 0 Å². The molecule has 0 aliphatic rings. The Labute approximate surface area is 125 Å². The molecule has 0 spiro atoms. The lowest BCUT2D eigenvalue weighted by Gasteiger charge is -2.15. The predicted octanol–water partition coefficient (Wildman–Crippen LogP) is 3.92. The van der Waals surface area contributed by atoms with Gasteiger partial charge in [-0.3, -0.25) is 0 Å². The van der Waals surface area contributed by atoms with Gasteiger partial charge in [0.05, 0.1) is 0 Å². The van der Waals surface area contributed by atoms with Gasteiger partial charge in [-0.25, -0.2) is 9.97 Å². The van der Waals surface area contributed by atoms with Gasteiger partial charge in [-0.05, 0) is 62.8 Å². The molecular formula is C16H21N3S. The first-order valence-electron chi connectivity index (χ1n) is 6.91. The summed E-state index contributed by atoms with van der Waals surface area (Å²) in [6.07, 6.45) is 1.84. The molecule has 106 valence electrons. The molecule has 0 fully saturated rings. The van der Waals surface area contributed by atoms with Gasteiger partial charge in [-0.15, -0.1) is 0 Å². The van der Waals surface area contributed by atoms with Crippen LogP contribution >= 0.6 is 11.8 Å². The van der Waals surface area contributed by atoms with Crippen molar-refractivity contribution in [2.75, 3.05) is 6.54 Å². The molecule has 0 saturated heterocycles. The van der Waals surface area contributed by atoms with Crippen LogP contribution in [0.1, 0.15) is 36.7 Å². The van der Waals surface area contributed by atoms with Crippen molar-refractivity contribution in [2.24, 2.45) is 0 Å². The number of pyridine rings is 2. The molecule has 3 nitrogen and oxygen atoms in total. The maximum Gasteiger partial charge on any atom is 0.107 e. The minimum absolute atomic E-state index is 0.294. The lowest BCUT2D eigenvalue weighted by atomic mass is 10.1. The van der Waals surface area contributed by atoms with Crippen LogP contribution < -0.4 is 5.32 Å². The first-order chi connectivity index (χ1) is 9.60. The monoisotopic (exact) mass is 287 g/mol. The van der Waals surface area contributed by atoms with Gasteiger partial charge in [0.1, 0.15) is 10.1 Å². The SMILES string of the molecule is CCNC(C)c1cccnc1Sc1cc(C)cc(C)n1. The van der Waals surface area contributed by atoms with Crippen LogP contribution in [0.2, 0.25) is 0 Å². The van der Waals surface area contributed by atoms with E-state index in [9.17, 15) is 0 Å². The molecule has 4 heteroatoms. The fraction of sp³-hybridized carbons (Fsp3) is 0.375. The molecule has 2 aromatic rings. The molecule has 2 rings (SSSR count). The van der Waals surface area contributed by atoms with E-state index in [2.05, 4.69) is 54.3 Å². The van der Waals surface area contributed by atoms with Gasteiger partial charge >= 0.3 is 0 Å². The third kappa shape index (κ3) is 3.81. The van der Waals surface area contributed by atoms with E-state index >= 15 is 0 Å². The Bertz CT molecular complexity index is 563. The average Bonchev–Trinajstić information content (AvgIpc) is 2.38. The largest absolute Gasteiger partial charge is 0.310 e. The van der Waals surface area contributed by atoms with Gasteiger partial charge in [-0.2, -0.15) is 0 Å². The normalized spacial score (nSPS) is 12.4. The van der Waals surface area contributed by atoms with Crippen LogP contribution in [0.5, 0.6) is 0 Å². The van der Waals surface area contributed by atoms with Gasteiger partial charge < -0.3 is 5.32 Å². The number of hydrogen-bond acceptors (Lipinski definition) is 4. The zero-order valence-corrected chi connectivity index (χ0v) is 13.3. The van der Waals surface area contributed by atoms with E-state index in [0.29, 0.717) is 6.04 Å². The number of aromatic nitrogens is 2. The van der Waals surface area contributed by atoms with E-state index in [1.807, 2.05) is 19.2 Å². The molecule has 0 amide bonds. The Morgan fingerprint density at radius 3 is 2.80 bits per heavy atom. The topological polar surface area (TPSA) is 37.8 Å². The summed E-state index contributed by atoms with van der Waals surface area (Å²) in [5.41, 5.74) is 3.50. The number of aryl methyl sites for hydroxylation is 2. The fourth-order valence-corrected chi connectivity index (χ4v) is 3.30. The van der Waals surface area contributed by atoms with E-state index in [0.717, 1.165) is 22.3 Å². The highest BCUT2D eigenvalue weighted by Gasteiger charge is 2.12. The summed E-state index contributed by atoms with van der Waals surface area (Å²) in [7, 11) is 0. The summed E-state index contributed by atoms with van der Waals surface area (Å²) in [5.74, 6) is 0. The Balaban J connectivity index is 2.29. The van der Waals surface area contributed by atoms with Gasteiger partial charge in [0.2, 0.25) is 0 Å². The Kier molecular flexibility index (Phi) is 5.15. The van der Waals surface area contributed by atoms with Crippen LogP contribution in [-0.2, 0) is 0 Å². The molecule has 0 aliphatic carbocycles. The molecule has 20 heavy (non-hydrogen) atoms. The third-order valence-electron chi connectivity index (χ3n) is 3.05. The van der Waals surface area contributed by atoms with E-state index in [-0.39, 0.29) is 0 Å². The number of hydrogen-bond donors (Lipinski definition) is 1. The molecular weight excluding hydrogens is 266 g/mol. The highest BCUT2D eigenvalue weighted by Crippen LogP contribution is 2.30. The second-order valence-corrected chi connectivity index (χ2v) is 5.91. The molecule has 1 atom stereocenters. The predicted molar refractivity (Wildman–Crippen MR) is 84.2 cm³/mol. The lowest BCUT2D eigenvalue weighted by Crippen LogP contribution is -2.18. The summed E-state index contributed by atoms with van der Waals surface area (Å²) >= 11 is 1.63. The second kappa shape index (κ2) is 6.86. The van der Waals surface area contributed by atoms with E-state index < -0.39 is 0 Å². The quantitative estimate of drug-likeness (QED) is 0.904.